The average Bonchev–Trinajstić information content (AvgIpc) is 3.00. The molecule has 1 heterocycles. The van der Waals surface area contributed by atoms with E-state index in [4.69, 9.17) is 21.4 Å². The summed E-state index contributed by atoms with van der Waals surface area (Å²) in [4.78, 5) is 23.8. The highest BCUT2D eigenvalue weighted by Gasteiger charge is 2.25. The maximum Gasteiger partial charge on any atom is 0.328 e. The first kappa shape index (κ1) is 19.0. The van der Waals surface area contributed by atoms with Gasteiger partial charge in [0, 0.05) is 12.1 Å². The van der Waals surface area contributed by atoms with Crippen LogP contribution in [0.3, 0.4) is 0 Å². The largest absolute Gasteiger partial charge is 0.480 e. The Labute approximate surface area is 150 Å². The quantitative estimate of drug-likeness (QED) is 0.786. The first-order valence-electron chi connectivity index (χ1n) is 7.71. The van der Waals surface area contributed by atoms with Crippen molar-refractivity contribution in [3.05, 3.63) is 46.7 Å². The third kappa shape index (κ3) is 4.37. The molecule has 0 bridgehead atoms. The molecule has 1 atom stereocenters. The summed E-state index contributed by atoms with van der Waals surface area (Å²) in [5, 5.41) is 16.5. The van der Waals surface area contributed by atoms with Crippen molar-refractivity contribution in [1.82, 2.24) is 15.1 Å². The Kier molecular flexibility index (Phi) is 6.17. The van der Waals surface area contributed by atoms with E-state index >= 15 is 0 Å². The minimum Gasteiger partial charge on any atom is -0.480 e. The number of hydrogen-bond acceptors (Lipinski definition) is 4. The Hall–Kier alpha value is -2.38. The van der Waals surface area contributed by atoms with Crippen molar-refractivity contribution in [2.45, 2.75) is 25.8 Å². The number of carboxylic acid groups (broad SMARTS) is 1. The minimum absolute atomic E-state index is 0.00960. The predicted octanol–water partition coefficient (Wildman–Crippen LogP) is 2.48. The Morgan fingerprint density at radius 3 is 2.48 bits per heavy atom. The second-order valence-corrected chi connectivity index (χ2v) is 6.24. The van der Waals surface area contributed by atoms with Crippen LogP contribution in [-0.2, 0) is 9.53 Å². The normalized spacial score (nSPS) is 12.2. The summed E-state index contributed by atoms with van der Waals surface area (Å²) in [6, 6.07) is 5.95. The molecule has 1 aromatic carbocycles. The fraction of sp³-hybridized carbons (Fsp3) is 0.353. The molecule has 1 amide bonds. The van der Waals surface area contributed by atoms with Crippen LogP contribution in [0.1, 0.15) is 35.8 Å². The summed E-state index contributed by atoms with van der Waals surface area (Å²) >= 11 is 5.91. The van der Waals surface area contributed by atoms with Gasteiger partial charge in [0.25, 0.3) is 5.91 Å². The van der Waals surface area contributed by atoms with E-state index in [1.807, 2.05) is 13.8 Å². The smallest absolute Gasteiger partial charge is 0.328 e. The van der Waals surface area contributed by atoms with Gasteiger partial charge in [-0.1, -0.05) is 25.4 Å². The number of aromatic nitrogens is 2. The van der Waals surface area contributed by atoms with Gasteiger partial charge in [-0.2, -0.15) is 5.10 Å². The molecule has 1 aromatic heterocycles. The third-order valence-corrected chi connectivity index (χ3v) is 3.86. The van der Waals surface area contributed by atoms with Crippen molar-refractivity contribution in [3.63, 3.8) is 0 Å². The molecule has 0 saturated carbocycles. The topological polar surface area (TPSA) is 93.5 Å². The van der Waals surface area contributed by atoms with Gasteiger partial charge in [-0.05, 0) is 30.2 Å². The molecule has 2 N–H and O–H groups in total. The van der Waals surface area contributed by atoms with E-state index in [2.05, 4.69) is 10.4 Å². The molecule has 0 aliphatic heterocycles. The lowest BCUT2D eigenvalue weighted by atomic mass is 10.0. The molecule has 25 heavy (non-hydrogen) atoms. The summed E-state index contributed by atoms with van der Waals surface area (Å²) in [6.45, 7) is 3.75. The van der Waals surface area contributed by atoms with Crippen LogP contribution in [0, 0.1) is 0 Å². The number of carbonyl (C=O) groups excluding carboxylic acids is 1. The first-order chi connectivity index (χ1) is 11.8. The molecule has 0 aliphatic rings. The highest BCUT2D eigenvalue weighted by molar-refractivity contribution is 6.30. The number of benzene rings is 1. The Morgan fingerprint density at radius 2 is 1.96 bits per heavy atom. The van der Waals surface area contributed by atoms with Gasteiger partial charge in [-0.3, -0.25) is 4.79 Å². The monoisotopic (exact) mass is 365 g/mol. The Morgan fingerprint density at radius 1 is 1.32 bits per heavy atom. The third-order valence-electron chi connectivity index (χ3n) is 3.61. The summed E-state index contributed by atoms with van der Waals surface area (Å²) in [6.07, 6.45) is 1.44. The van der Waals surface area contributed by atoms with Crippen LogP contribution in [0.4, 0.5) is 0 Å². The number of hydrogen-bond donors (Lipinski definition) is 2. The SMILES string of the molecule is COCC(NC(=O)c1cnn(-c2ccc(Cl)cc2)c1C(C)C)C(=O)O. The number of carboxylic acids is 1. The van der Waals surface area contributed by atoms with Gasteiger partial charge in [0.1, 0.15) is 0 Å². The van der Waals surface area contributed by atoms with Gasteiger partial charge in [0.2, 0.25) is 0 Å². The van der Waals surface area contributed by atoms with E-state index in [9.17, 15) is 9.59 Å². The van der Waals surface area contributed by atoms with Gasteiger partial charge < -0.3 is 15.2 Å². The Bertz CT molecular complexity index is 756. The average molecular weight is 366 g/mol. The second kappa shape index (κ2) is 8.13. The van der Waals surface area contributed by atoms with Crippen molar-refractivity contribution in [3.8, 4) is 5.69 Å². The van der Waals surface area contributed by atoms with Gasteiger partial charge in [0.05, 0.1) is 29.7 Å². The van der Waals surface area contributed by atoms with E-state index in [0.717, 1.165) is 5.69 Å². The van der Waals surface area contributed by atoms with Gasteiger partial charge in [-0.15, -0.1) is 0 Å². The molecule has 0 spiro atoms. The van der Waals surface area contributed by atoms with Crippen molar-refractivity contribution in [1.29, 1.82) is 0 Å². The summed E-state index contributed by atoms with van der Waals surface area (Å²) in [7, 11) is 1.38. The van der Waals surface area contributed by atoms with Crippen LogP contribution in [-0.4, -0.2) is 46.5 Å². The highest BCUT2D eigenvalue weighted by atomic mass is 35.5. The summed E-state index contributed by atoms with van der Waals surface area (Å²) in [5.74, 6) is -1.68. The van der Waals surface area contributed by atoms with Crippen LogP contribution in [0.15, 0.2) is 30.5 Å². The molecule has 2 rings (SSSR count). The zero-order valence-corrected chi connectivity index (χ0v) is 14.9. The summed E-state index contributed by atoms with van der Waals surface area (Å²) < 4.78 is 6.49. The molecular weight excluding hydrogens is 346 g/mol. The highest BCUT2D eigenvalue weighted by Crippen LogP contribution is 2.24. The number of amides is 1. The fourth-order valence-corrected chi connectivity index (χ4v) is 2.58. The summed E-state index contributed by atoms with van der Waals surface area (Å²) in [5.41, 5.74) is 1.77. The van der Waals surface area contributed by atoms with E-state index in [-0.39, 0.29) is 12.5 Å². The maximum atomic E-state index is 12.6. The lowest BCUT2D eigenvalue weighted by molar-refractivity contribution is -0.140. The Balaban J connectivity index is 2.37. The molecule has 7 nitrogen and oxygen atoms in total. The molecule has 0 fully saturated rings. The van der Waals surface area contributed by atoms with E-state index in [0.29, 0.717) is 16.3 Å². The number of nitrogens with zero attached hydrogens (tertiary/aromatic N) is 2. The molecule has 134 valence electrons. The van der Waals surface area contributed by atoms with Crippen molar-refractivity contribution < 1.29 is 19.4 Å². The van der Waals surface area contributed by atoms with Gasteiger partial charge in [-0.25, -0.2) is 9.48 Å². The van der Waals surface area contributed by atoms with Crippen LogP contribution in [0.25, 0.3) is 5.69 Å². The number of ether oxygens (including phenoxy) is 1. The fourth-order valence-electron chi connectivity index (χ4n) is 2.45. The van der Waals surface area contributed by atoms with E-state index in [1.54, 1.807) is 28.9 Å². The van der Waals surface area contributed by atoms with Gasteiger partial charge >= 0.3 is 5.97 Å². The number of rotatable bonds is 7. The van der Waals surface area contributed by atoms with Crippen molar-refractivity contribution in [2.75, 3.05) is 13.7 Å². The van der Waals surface area contributed by atoms with Crippen LogP contribution in [0.2, 0.25) is 5.02 Å². The molecular formula is C17H20ClN3O4. The lowest BCUT2D eigenvalue weighted by Gasteiger charge is -2.16. The molecule has 0 saturated heterocycles. The maximum absolute atomic E-state index is 12.6. The van der Waals surface area contributed by atoms with Crippen LogP contribution in [0.5, 0.6) is 0 Å². The molecule has 0 aliphatic carbocycles. The van der Waals surface area contributed by atoms with Gasteiger partial charge in [0.15, 0.2) is 6.04 Å². The van der Waals surface area contributed by atoms with E-state index in [1.165, 1.54) is 13.3 Å². The molecule has 2 aromatic rings. The van der Waals surface area contributed by atoms with Crippen molar-refractivity contribution in [2.24, 2.45) is 0 Å². The van der Waals surface area contributed by atoms with Crippen LogP contribution < -0.4 is 5.32 Å². The van der Waals surface area contributed by atoms with E-state index < -0.39 is 17.9 Å². The lowest BCUT2D eigenvalue weighted by Crippen LogP contribution is -2.44. The number of halogens is 1. The molecule has 8 heteroatoms. The number of aliphatic carboxylic acids is 1. The minimum atomic E-state index is -1.16. The standard InChI is InChI=1S/C17H20ClN3O4/c1-10(2)15-13(16(22)20-14(9-25-3)17(23)24)8-19-21(15)12-6-4-11(18)5-7-12/h4-8,10,14H,9H2,1-3H3,(H,20,22)(H,23,24). The molecule has 1 unspecified atom stereocenters. The van der Waals surface area contributed by atoms with Crippen molar-refractivity contribution >= 4 is 23.5 Å². The number of carbonyl (C=O) groups is 2. The number of nitrogens with one attached hydrogen (secondary N) is 1. The zero-order chi connectivity index (χ0) is 18.6. The molecule has 0 radical (unpaired) electrons. The second-order valence-electron chi connectivity index (χ2n) is 5.81. The first-order valence-corrected chi connectivity index (χ1v) is 8.09. The predicted molar refractivity (Wildman–Crippen MR) is 93.4 cm³/mol. The number of methoxy groups -OCH3 is 1. The zero-order valence-electron chi connectivity index (χ0n) is 14.2. The van der Waals surface area contributed by atoms with Crippen LogP contribution >= 0.6 is 11.6 Å².